The van der Waals surface area contributed by atoms with Crippen LogP contribution < -0.4 is 5.32 Å². The molecule has 1 aliphatic heterocycles. The standard InChI is InChI=1S/C20H21F3N8O/c1-12-5-6-15(17(28-12)31-26-7-8-27-31)18(32)30-9-3-4-16(13(30)2)29-19-24-10-14(11-25-19)20(21,22)23/h5-8,10-11,13,16H,3-4,9H2,1-2H3,(H,24,25,29). The first-order valence-corrected chi connectivity index (χ1v) is 10.0. The fourth-order valence-electron chi connectivity index (χ4n) is 3.68. The maximum Gasteiger partial charge on any atom is 0.419 e. The molecule has 1 saturated heterocycles. The van der Waals surface area contributed by atoms with Crippen LogP contribution in [0.4, 0.5) is 19.1 Å². The molecule has 2 atom stereocenters. The molecule has 0 spiro atoms. The van der Waals surface area contributed by atoms with E-state index in [2.05, 4.69) is 30.5 Å². The molecule has 9 nitrogen and oxygen atoms in total. The predicted octanol–water partition coefficient (Wildman–Crippen LogP) is 2.88. The van der Waals surface area contributed by atoms with Gasteiger partial charge in [0.1, 0.15) is 0 Å². The molecular weight excluding hydrogens is 425 g/mol. The number of aromatic nitrogens is 6. The Labute approximate surface area is 181 Å². The molecule has 0 bridgehead atoms. The highest BCUT2D eigenvalue weighted by atomic mass is 19.4. The lowest BCUT2D eigenvalue weighted by molar-refractivity contribution is -0.138. The van der Waals surface area contributed by atoms with Crippen molar-refractivity contribution < 1.29 is 18.0 Å². The molecule has 4 heterocycles. The number of pyridine rings is 1. The van der Waals surface area contributed by atoms with Gasteiger partial charge in [-0.2, -0.15) is 23.4 Å². The molecule has 32 heavy (non-hydrogen) atoms. The van der Waals surface area contributed by atoms with Crippen molar-refractivity contribution in [2.24, 2.45) is 0 Å². The van der Waals surface area contributed by atoms with Gasteiger partial charge in [0.2, 0.25) is 5.95 Å². The number of piperidine rings is 1. The highest BCUT2D eigenvalue weighted by Crippen LogP contribution is 2.29. The zero-order valence-electron chi connectivity index (χ0n) is 17.4. The summed E-state index contributed by atoms with van der Waals surface area (Å²) < 4.78 is 38.2. The predicted molar refractivity (Wildman–Crippen MR) is 108 cm³/mol. The lowest BCUT2D eigenvalue weighted by Gasteiger charge is -2.39. The minimum absolute atomic E-state index is 0.0857. The number of amides is 1. The Morgan fingerprint density at radius 2 is 1.84 bits per heavy atom. The monoisotopic (exact) mass is 446 g/mol. The highest BCUT2D eigenvalue weighted by molar-refractivity contribution is 5.97. The van der Waals surface area contributed by atoms with Crippen LogP contribution in [0.2, 0.25) is 0 Å². The average molecular weight is 446 g/mol. The Kier molecular flexibility index (Phi) is 5.76. The fourth-order valence-corrected chi connectivity index (χ4v) is 3.68. The molecule has 1 aliphatic rings. The van der Waals surface area contributed by atoms with Crippen LogP contribution in [0.3, 0.4) is 0 Å². The fraction of sp³-hybridized carbons (Fsp3) is 0.400. The normalized spacial score (nSPS) is 19.1. The Hall–Kier alpha value is -3.57. The van der Waals surface area contributed by atoms with E-state index in [1.165, 1.54) is 17.2 Å². The lowest BCUT2D eigenvalue weighted by Crippen LogP contribution is -2.52. The van der Waals surface area contributed by atoms with E-state index in [1.807, 2.05) is 13.8 Å². The van der Waals surface area contributed by atoms with Crippen LogP contribution in [0, 0.1) is 6.92 Å². The minimum atomic E-state index is -4.50. The van der Waals surface area contributed by atoms with Crippen LogP contribution >= 0.6 is 0 Å². The molecule has 12 heteroatoms. The molecule has 0 aliphatic carbocycles. The Balaban J connectivity index is 1.54. The van der Waals surface area contributed by atoms with Crippen molar-refractivity contribution in [1.29, 1.82) is 0 Å². The van der Waals surface area contributed by atoms with E-state index in [-0.39, 0.29) is 23.9 Å². The van der Waals surface area contributed by atoms with Gasteiger partial charge in [-0.1, -0.05) is 0 Å². The summed E-state index contributed by atoms with van der Waals surface area (Å²) in [5.74, 6) is 0.202. The van der Waals surface area contributed by atoms with Crippen LogP contribution in [0.5, 0.6) is 0 Å². The number of halogens is 3. The van der Waals surface area contributed by atoms with E-state index in [0.29, 0.717) is 24.3 Å². The van der Waals surface area contributed by atoms with E-state index in [1.54, 1.807) is 17.0 Å². The molecule has 0 saturated carbocycles. The quantitative estimate of drug-likeness (QED) is 0.658. The third kappa shape index (κ3) is 4.39. The summed E-state index contributed by atoms with van der Waals surface area (Å²) in [4.78, 5) is 28.4. The molecule has 3 aromatic rings. The molecule has 1 fully saturated rings. The van der Waals surface area contributed by atoms with Gasteiger partial charge in [0, 0.05) is 36.7 Å². The number of rotatable bonds is 4. The molecule has 1 amide bonds. The highest BCUT2D eigenvalue weighted by Gasteiger charge is 2.34. The van der Waals surface area contributed by atoms with Gasteiger partial charge in [0.15, 0.2) is 5.82 Å². The maximum absolute atomic E-state index is 13.4. The molecule has 2 unspecified atom stereocenters. The largest absolute Gasteiger partial charge is 0.419 e. The van der Waals surface area contributed by atoms with E-state index in [9.17, 15) is 18.0 Å². The number of aryl methyl sites for hydroxylation is 1. The van der Waals surface area contributed by atoms with Gasteiger partial charge >= 0.3 is 6.18 Å². The number of hydrogen-bond donors (Lipinski definition) is 1. The van der Waals surface area contributed by atoms with Gasteiger partial charge in [0.05, 0.1) is 23.5 Å². The van der Waals surface area contributed by atoms with Crippen molar-refractivity contribution in [1.82, 2.24) is 34.8 Å². The molecule has 4 rings (SSSR count). The number of nitrogens with one attached hydrogen (secondary N) is 1. The summed E-state index contributed by atoms with van der Waals surface area (Å²) in [5, 5.41) is 11.3. The van der Waals surface area contributed by atoms with Crippen LogP contribution in [0.1, 0.15) is 41.4 Å². The third-order valence-corrected chi connectivity index (χ3v) is 5.40. The summed E-state index contributed by atoms with van der Waals surface area (Å²) in [6, 6.07) is 2.96. The number of anilines is 1. The number of alkyl halides is 3. The van der Waals surface area contributed by atoms with Gasteiger partial charge in [-0.25, -0.2) is 15.0 Å². The number of nitrogens with zero attached hydrogens (tertiary/aromatic N) is 7. The Bertz CT molecular complexity index is 1090. The van der Waals surface area contributed by atoms with Gasteiger partial charge < -0.3 is 10.2 Å². The number of carbonyl (C=O) groups is 1. The summed E-state index contributed by atoms with van der Waals surface area (Å²) in [7, 11) is 0. The zero-order valence-corrected chi connectivity index (χ0v) is 17.4. The summed E-state index contributed by atoms with van der Waals surface area (Å²) >= 11 is 0. The number of likely N-dealkylation sites (tertiary alicyclic amines) is 1. The van der Waals surface area contributed by atoms with E-state index in [0.717, 1.165) is 24.5 Å². The van der Waals surface area contributed by atoms with Crippen LogP contribution in [0.25, 0.3) is 5.82 Å². The van der Waals surface area contributed by atoms with Crippen molar-refractivity contribution in [3.05, 3.63) is 53.7 Å². The van der Waals surface area contributed by atoms with Gasteiger partial charge in [-0.15, -0.1) is 4.80 Å². The first kappa shape index (κ1) is 21.7. The molecule has 0 radical (unpaired) electrons. The Morgan fingerprint density at radius 3 is 2.50 bits per heavy atom. The molecule has 1 N–H and O–H groups in total. The third-order valence-electron chi connectivity index (χ3n) is 5.40. The summed E-state index contributed by atoms with van der Waals surface area (Å²) in [6.07, 6.45) is 1.43. The minimum Gasteiger partial charge on any atom is -0.349 e. The molecule has 3 aromatic heterocycles. The average Bonchev–Trinajstić information content (AvgIpc) is 3.29. The summed E-state index contributed by atoms with van der Waals surface area (Å²) in [5.41, 5.74) is 0.174. The lowest BCUT2D eigenvalue weighted by atomic mass is 9.96. The first-order valence-electron chi connectivity index (χ1n) is 10.0. The van der Waals surface area contributed by atoms with Crippen LogP contribution in [-0.4, -0.2) is 59.4 Å². The summed E-state index contributed by atoms with van der Waals surface area (Å²) in [6.45, 7) is 4.23. The SMILES string of the molecule is Cc1ccc(C(=O)N2CCCC(Nc3ncc(C(F)(F)F)cn3)C2C)c(-n2nccn2)n1. The van der Waals surface area contributed by atoms with Crippen molar-refractivity contribution >= 4 is 11.9 Å². The topological polar surface area (TPSA) is 102 Å². The zero-order chi connectivity index (χ0) is 22.9. The van der Waals surface area contributed by atoms with E-state index in [4.69, 9.17) is 0 Å². The number of hydrogen-bond acceptors (Lipinski definition) is 7. The van der Waals surface area contributed by atoms with Gasteiger partial charge in [-0.05, 0) is 38.8 Å². The van der Waals surface area contributed by atoms with E-state index < -0.39 is 11.7 Å². The van der Waals surface area contributed by atoms with Crippen molar-refractivity contribution in [2.75, 3.05) is 11.9 Å². The van der Waals surface area contributed by atoms with Crippen molar-refractivity contribution in [3.63, 3.8) is 0 Å². The van der Waals surface area contributed by atoms with Crippen LogP contribution in [-0.2, 0) is 6.18 Å². The maximum atomic E-state index is 13.4. The smallest absolute Gasteiger partial charge is 0.349 e. The molecule has 0 aromatic carbocycles. The Morgan fingerprint density at radius 1 is 1.16 bits per heavy atom. The van der Waals surface area contributed by atoms with Crippen molar-refractivity contribution in [2.45, 2.75) is 44.9 Å². The molecule has 168 valence electrons. The van der Waals surface area contributed by atoms with Gasteiger partial charge in [0.25, 0.3) is 5.91 Å². The van der Waals surface area contributed by atoms with Gasteiger partial charge in [-0.3, -0.25) is 4.79 Å². The first-order chi connectivity index (χ1) is 15.2. The van der Waals surface area contributed by atoms with Crippen molar-refractivity contribution in [3.8, 4) is 5.82 Å². The second-order valence-electron chi connectivity index (χ2n) is 7.57. The molecular formula is C20H21F3N8O. The van der Waals surface area contributed by atoms with Crippen LogP contribution in [0.15, 0.2) is 36.9 Å². The second-order valence-corrected chi connectivity index (χ2v) is 7.57. The van der Waals surface area contributed by atoms with E-state index >= 15 is 0 Å². The second kappa shape index (κ2) is 8.52. The number of carbonyl (C=O) groups excluding carboxylic acids is 1.